The molecular weight excluding hydrogens is 460 g/mol. The number of anilines is 1. The number of nitro groups is 1. The highest BCUT2D eigenvalue weighted by atomic mass is 16.6. The van der Waals surface area contributed by atoms with Crippen molar-refractivity contribution in [3.63, 3.8) is 0 Å². The van der Waals surface area contributed by atoms with Gasteiger partial charge in [-0.05, 0) is 50.2 Å². The summed E-state index contributed by atoms with van der Waals surface area (Å²) in [5, 5.41) is 11.9. The van der Waals surface area contributed by atoms with Crippen LogP contribution in [0.4, 0.5) is 11.4 Å². The number of Topliss-reactive ketones (excluding diaryl/α,β-unsaturated/α-hetero) is 1. The predicted molar refractivity (Wildman–Crippen MR) is 136 cm³/mol. The van der Waals surface area contributed by atoms with Crippen molar-refractivity contribution in [2.24, 2.45) is 0 Å². The van der Waals surface area contributed by atoms with E-state index >= 15 is 0 Å². The third-order valence-electron chi connectivity index (χ3n) is 7.76. The average Bonchev–Trinajstić information content (AvgIpc) is 2.83. The predicted octanol–water partition coefficient (Wildman–Crippen LogP) is 3.60. The van der Waals surface area contributed by atoms with Gasteiger partial charge in [0, 0.05) is 63.7 Å². The molecule has 0 saturated carbocycles. The summed E-state index contributed by atoms with van der Waals surface area (Å²) < 4.78 is 6.41. The standard InChI is InChI=1S/C27H32N4O5/c1-18-14-19(2)25-23(32)17-27(36-24(25)15-18)6-8-30(9-7-27)26(33)20-4-5-21(22(16-20)31(34)35)29-12-10-28(3)11-13-29/h4-5,14-16H,6-13,17H2,1-3H3. The van der Waals surface area contributed by atoms with E-state index in [1.165, 1.54) is 6.07 Å². The number of fused-ring (bicyclic) bond motifs is 1. The Morgan fingerprint density at radius 1 is 1.03 bits per heavy atom. The SMILES string of the molecule is Cc1cc(C)c2c(c1)OC1(CCN(C(=O)c3ccc(N4CCN(C)CC4)c([N+](=O)[O-])c3)CC1)CC2=O. The number of carbonyl (C=O) groups is 2. The number of rotatable bonds is 3. The zero-order valence-electron chi connectivity index (χ0n) is 21.1. The lowest BCUT2D eigenvalue weighted by atomic mass is 9.81. The summed E-state index contributed by atoms with van der Waals surface area (Å²) in [6, 6.07) is 8.71. The number of aryl methyl sites for hydroxylation is 2. The molecule has 3 aliphatic heterocycles. The zero-order valence-corrected chi connectivity index (χ0v) is 21.1. The number of ketones is 1. The van der Waals surface area contributed by atoms with Gasteiger partial charge in [0.15, 0.2) is 5.78 Å². The molecule has 0 bridgehead atoms. The van der Waals surface area contributed by atoms with Crippen molar-refractivity contribution in [1.82, 2.24) is 9.80 Å². The van der Waals surface area contributed by atoms with E-state index in [1.807, 2.05) is 37.9 Å². The van der Waals surface area contributed by atoms with Crippen LogP contribution in [0.3, 0.4) is 0 Å². The second kappa shape index (κ2) is 9.20. The van der Waals surface area contributed by atoms with E-state index in [0.717, 1.165) is 24.2 Å². The Labute approximate surface area is 210 Å². The molecular formula is C27H32N4O5. The van der Waals surface area contributed by atoms with Gasteiger partial charge in [0.2, 0.25) is 0 Å². The fraction of sp³-hybridized carbons (Fsp3) is 0.481. The van der Waals surface area contributed by atoms with Gasteiger partial charge in [-0.15, -0.1) is 0 Å². The minimum Gasteiger partial charge on any atom is -0.486 e. The Hall–Kier alpha value is -3.46. The van der Waals surface area contributed by atoms with Crippen LogP contribution in [0.25, 0.3) is 0 Å². The van der Waals surface area contributed by atoms with Crippen molar-refractivity contribution in [2.45, 2.75) is 38.7 Å². The first-order valence-electron chi connectivity index (χ1n) is 12.5. The molecule has 0 atom stereocenters. The van der Waals surface area contributed by atoms with E-state index in [-0.39, 0.29) is 17.4 Å². The van der Waals surface area contributed by atoms with Crippen molar-refractivity contribution in [1.29, 1.82) is 0 Å². The topological polar surface area (TPSA) is 96.2 Å². The number of carbonyl (C=O) groups excluding carboxylic acids is 2. The molecule has 190 valence electrons. The van der Waals surface area contributed by atoms with E-state index in [1.54, 1.807) is 17.0 Å². The van der Waals surface area contributed by atoms with Crippen molar-refractivity contribution in [2.75, 3.05) is 51.2 Å². The van der Waals surface area contributed by atoms with Crippen LogP contribution in [0.15, 0.2) is 30.3 Å². The van der Waals surface area contributed by atoms with Gasteiger partial charge in [0.05, 0.1) is 16.9 Å². The molecule has 9 nitrogen and oxygen atoms in total. The maximum atomic E-state index is 13.3. The van der Waals surface area contributed by atoms with Gasteiger partial charge < -0.3 is 19.4 Å². The Morgan fingerprint density at radius 2 is 1.72 bits per heavy atom. The number of benzene rings is 2. The third kappa shape index (κ3) is 4.43. The van der Waals surface area contributed by atoms with Crippen LogP contribution in [0.5, 0.6) is 5.75 Å². The fourth-order valence-corrected chi connectivity index (χ4v) is 5.71. The molecule has 1 spiro atoms. The van der Waals surface area contributed by atoms with Crippen LogP contribution in [0, 0.1) is 24.0 Å². The first-order valence-corrected chi connectivity index (χ1v) is 12.5. The first-order chi connectivity index (χ1) is 17.2. The molecule has 0 N–H and O–H groups in total. The molecule has 2 aromatic rings. The zero-order chi connectivity index (χ0) is 25.6. The van der Waals surface area contributed by atoms with Gasteiger partial charge in [-0.1, -0.05) is 6.07 Å². The Balaban J connectivity index is 1.31. The molecule has 36 heavy (non-hydrogen) atoms. The largest absolute Gasteiger partial charge is 0.486 e. The molecule has 0 unspecified atom stereocenters. The quantitative estimate of drug-likeness (QED) is 0.477. The number of likely N-dealkylation sites (N-methyl/N-ethyl adjacent to an activating group) is 1. The Bertz CT molecular complexity index is 1230. The number of piperidine rings is 1. The van der Waals surface area contributed by atoms with Gasteiger partial charge >= 0.3 is 0 Å². The summed E-state index contributed by atoms with van der Waals surface area (Å²) >= 11 is 0. The third-order valence-corrected chi connectivity index (χ3v) is 7.76. The lowest BCUT2D eigenvalue weighted by molar-refractivity contribution is -0.384. The van der Waals surface area contributed by atoms with E-state index in [0.29, 0.717) is 68.0 Å². The number of nitrogens with zero attached hydrogens (tertiary/aromatic N) is 4. The van der Waals surface area contributed by atoms with Gasteiger partial charge in [0.1, 0.15) is 17.0 Å². The summed E-state index contributed by atoms with van der Waals surface area (Å²) in [5.41, 5.74) is 2.86. The summed E-state index contributed by atoms with van der Waals surface area (Å²) in [6.45, 7) is 7.86. The van der Waals surface area contributed by atoms with Crippen molar-refractivity contribution in [3.05, 3.63) is 62.7 Å². The van der Waals surface area contributed by atoms with Crippen molar-refractivity contribution >= 4 is 23.1 Å². The monoisotopic (exact) mass is 492 g/mol. The smallest absolute Gasteiger partial charge is 0.293 e. The maximum absolute atomic E-state index is 13.3. The van der Waals surface area contributed by atoms with Crippen LogP contribution < -0.4 is 9.64 Å². The molecule has 2 saturated heterocycles. The minimum absolute atomic E-state index is 0.0394. The van der Waals surface area contributed by atoms with Crippen molar-refractivity contribution < 1.29 is 19.2 Å². The van der Waals surface area contributed by atoms with Gasteiger partial charge in [-0.25, -0.2) is 0 Å². The van der Waals surface area contributed by atoms with Crippen LogP contribution in [0.1, 0.15) is 51.1 Å². The molecule has 0 radical (unpaired) electrons. The molecule has 3 aliphatic rings. The molecule has 0 aliphatic carbocycles. The number of hydrogen-bond acceptors (Lipinski definition) is 7. The van der Waals surface area contributed by atoms with E-state index in [9.17, 15) is 19.7 Å². The number of ether oxygens (including phenoxy) is 1. The summed E-state index contributed by atoms with van der Waals surface area (Å²) in [6.07, 6.45) is 1.38. The molecule has 3 heterocycles. The normalized spacial score (nSPS) is 19.7. The molecule has 2 fully saturated rings. The number of likely N-dealkylation sites (tertiary alicyclic amines) is 1. The van der Waals surface area contributed by atoms with E-state index < -0.39 is 10.5 Å². The maximum Gasteiger partial charge on any atom is 0.293 e. The lowest BCUT2D eigenvalue weighted by Crippen LogP contribution is -2.52. The highest BCUT2D eigenvalue weighted by molar-refractivity contribution is 6.02. The number of hydrogen-bond donors (Lipinski definition) is 0. The van der Waals surface area contributed by atoms with Crippen molar-refractivity contribution in [3.8, 4) is 5.75 Å². The first kappa shape index (κ1) is 24.2. The highest BCUT2D eigenvalue weighted by Gasteiger charge is 2.44. The van der Waals surface area contributed by atoms with Gasteiger partial charge in [-0.2, -0.15) is 0 Å². The molecule has 9 heteroatoms. The summed E-state index contributed by atoms with van der Waals surface area (Å²) in [5.74, 6) is 0.495. The van der Waals surface area contributed by atoms with E-state index in [4.69, 9.17) is 4.74 Å². The van der Waals surface area contributed by atoms with Crippen LogP contribution in [-0.2, 0) is 0 Å². The number of piperazine rings is 1. The Kier molecular flexibility index (Phi) is 6.20. The molecule has 5 rings (SSSR count). The second-order valence-corrected chi connectivity index (χ2v) is 10.4. The lowest BCUT2D eigenvalue weighted by Gasteiger charge is -2.44. The average molecular weight is 493 g/mol. The van der Waals surface area contributed by atoms with Crippen LogP contribution in [-0.4, -0.2) is 78.3 Å². The molecule has 1 amide bonds. The fourth-order valence-electron chi connectivity index (χ4n) is 5.71. The summed E-state index contributed by atoms with van der Waals surface area (Å²) in [7, 11) is 2.03. The highest BCUT2D eigenvalue weighted by Crippen LogP contribution is 2.41. The second-order valence-electron chi connectivity index (χ2n) is 10.4. The van der Waals surface area contributed by atoms with Crippen LogP contribution in [0.2, 0.25) is 0 Å². The number of amides is 1. The summed E-state index contributed by atoms with van der Waals surface area (Å²) in [4.78, 5) is 43.6. The van der Waals surface area contributed by atoms with E-state index in [2.05, 4.69) is 4.90 Å². The molecule has 0 aromatic heterocycles. The van der Waals surface area contributed by atoms with Gasteiger partial charge in [-0.3, -0.25) is 19.7 Å². The minimum atomic E-state index is -0.613. The number of nitro benzene ring substituents is 1. The van der Waals surface area contributed by atoms with Gasteiger partial charge in [0.25, 0.3) is 11.6 Å². The Morgan fingerprint density at radius 3 is 2.39 bits per heavy atom. The molecule has 2 aromatic carbocycles. The van der Waals surface area contributed by atoms with Crippen LogP contribution >= 0.6 is 0 Å².